The third kappa shape index (κ3) is 1.78. The monoisotopic (exact) mass is 252 g/mol. The molecule has 1 saturated heterocycles. The van der Waals surface area contributed by atoms with Crippen molar-refractivity contribution in [2.45, 2.75) is 38.5 Å². The van der Waals surface area contributed by atoms with Crippen LogP contribution in [0.3, 0.4) is 0 Å². The van der Waals surface area contributed by atoms with Crippen LogP contribution < -0.4 is 0 Å². The van der Waals surface area contributed by atoms with Gasteiger partial charge in [0.15, 0.2) is 5.78 Å². The zero-order valence-corrected chi connectivity index (χ0v) is 10.6. The van der Waals surface area contributed by atoms with Crippen LogP contribution in [0.15, 0.2) is 0 Å². The Labute approximate surface area is 107 Å². The fourth-order valence-electron chi connectivity index (χ4n) is 4.25. The Hall–Kier alpha value is -0.900. The van der Waals surface area contributed by atoms with Gasteiger partial charge in [-0.15, -0.1) is 0 Å². The molecule has 18 heavy (non-hydrogen) atoms. The van der Waals surface area contributed by atoms with Crippen LogP contribution in [0.25, 0.3) is 0 Å². The second kappa shape index (κ2) is 4.34. The van der Waals surface area contributed by atoms with Gasteiger partial charge in [0.2, 0.25) is 0 Å². The first-order chi connectivity index (χ1) is 8.62. The predicted molar refractivity (Wildman–Crippen MR) is 64.1 cm³/mol. The Morgan fingerprint density at radius 1 is 1.39 bits per heavy atom. The number of rotatable bonds is 3. The molecule has 0 radical (unpaired) electrons. The van der Waals surface area contributed by atoms with Crippen LogP contribution in [0.2, 0.25) is 0 Å². The van der Waals surface area contributed by atoms with Crippen molar-refractivity contribution in [3.05, 3.63) is 0 Å². The van der Waals surface area contributed by atoms with Crippen molar-refractivity contribution in [1.29, 1.82) is 0 Å². The van der Waals surface area contributed by atoms with Crippen LogP contribution >= 0.6 is 0 Å². The quantitative estimate of drug-likeness (QED) is 0.779. The average molecular weight is 252 g/mol. The van der Waals surface area contributed by atoms with E-state index in [-0.39, 0.29) is 18.8 Å². The van der Waals surface area contributed by atoms with Crippen molar-refractivity contribution in [3.8, 4) is 0 Å². The lowest BCUT2D eigenvalue weighted by Gasteiger charge is -2.35. The Kier molecular flexibility index (Phi) is 2.93. The van der Waals surface area contributed by atoms with Crippen LogP contribution in [0.4, 0.5) is 0 Å². The fourth-order valence-corrected chi connectivity index (χ4v) is 4.25. The lowest BCUT2D eigenvalue weighted by molar-refractivity contribution is -0.166. The van der Waals surface area contributed by atoms with Crippen molar-refractivity contribution in [1.82, 2.24) is 0 Å². The maximum Gasteiger partial charge on any atom is 0.319 e. The van der Waals surface area contributed by atoms with Crippen molar-refractivity contribution in [2.24, 2.45) is 23.2 Å². The summed E-state index contributed by atoms with van der Waals surface area (Å²) in [5.74, 6) is 0.760. The molecule has 0 aromatic carbocycles. The van der Waals surface area contributed by atoms with E-state index >= 15 is 0 Å². The molecule has 3 aliphatic rings. The molecule has 1 N–H and O–H groups in total. The first kappa shape index (κ1) is 12.2. The minimum atomic E-state index is -1.24. The molecule has 0 aromatic heterocycles. The Morgan fingerprint density at radius 3 is 2.78 bits per heavy atom. The molecular formula is C14H20O4. The summed E-state index contributed by atoms with van der Waals surface area (Å²) in [5, 5.41) is 9.49. The van der Waals surface area contributed by atoms with Gasteiger partial charge in [0.25, 0.3) is 0 Å². The number of carbonyl (C=O) groups excluding carboxylic acids is 1. The van der Waals surface area contributed by atoms with Crippen LogP contribution in [0, 0.1) is 23.2 Å². The van der Waals surface area contributed by atoms with Crippen molar-refractivity contribution < 1.29 is 19.4 Å². The summed E-state index contributed by atoms with van der Waals surface area (Å²) >= 11 is 0. The summed E-state index contributed by atoms with van der Waals surface area (Å²) in [5.41, 5.74) is -1.24. The van der Waals surface area contributed by atoms with Gasteiger partial charge in [-0.05, 0) is 43.4 Å². The van der Waals surface area contributed by atoms with Crippen LogP contribution in [-0.2, 0) is 14.3 Å². The zero-order chi connectivity index (χ0) is 12.8. The minimum absolute atomic E-state index is 0.0784. The zero-order valence-electron chi connectivity index (χ0n) is 10.6. The number of Topliss-reactive ketones (excluding diaryl/α,β-unsaturated/α-hetero) is 1. The molecule has 0 spiro atoms. The van der Waals surface area contributed by atoms with E-state index in [0.29, 0.717) is 24.9 Å². The molecule has 2 bridgehead atoms. The van der Waals surface area contributed by atoms with Gasteiger partial charge in [0.05, 0.1) is 13.2 Å². The summed E-state index contributed by atoms with van der Waals surface area (Å²) in [7, 11) is 0. The number of fused-ring (bicyclic) bond motifs is 2. The van der Waals surface area contributed by atoms with E-state index in [0.717, 1.165) is 12.3 Å². The molecular weight excluding hydrogens is 232 g/mol. The lowest BCUT2D eigenvalue weighted by atomic mass is 9.70. The van der Waals surface area contributed by atoms with Gasteiger partial charge in [-0.3, -0.25) is 9.59 Å². The highest BCUT2D eigenvalue weighted by molar-refractivity contribution is 6.03. The Balaban J connectivity index is 1.78. The Morgan fingerprint density at radius 2 is 2.22 bits per heavy atom. The van der Waals surface area contributed by atoms with Gasteiger partial charge >= 0.3 is 5.97 Å². The number of carbonyl (C=O) groups is 2. The lowest BCUT2D eigenvalue weighted by Crippen LogP contribution is -2.48. The molecule has 1 heterocycles. The molecule has 2 saturated carbocycles. The molecule has 4 atom stereocenters. The number of hydrogen-bond donors (Lipinski definition) is 1. The van der Waals surface area contributed by atoms with E-state index in [9.17, 15) is 14.7 Å². The molecule has 1 aliphatic heterocycles. The number of carboxylic acid groups (broad SMARTS) is 1. The summed E-state index contributed by atoms with van der Waals surface area (Å²) in [6.07, 6.45) is 5.64. The normalized spacial score (nSPS) is 43.3. The van der Waals surface area contributed by atoms with E-state index in [1.54, 1.807) is 0 Å². The smallest absolute Gasteiger partial charge is 0.319 e. The van der Waals surface area contributed by atoms with E-state index in [2.05, 4.69) is 0 Å². The Bertz CT molecular complexity index is 378. The van der Waals surface area contributed by atoms with E-state index in [1.165, 1.54) is 19.3 Å². The van der Waals surface area contributed by atoms with E-state index in [1.807, 2.05) is 0 Å². The topological polar surface area (TPSA) is 63.6 Å². The molecule has 100 valence electrons. The summed E-state index contributed by atoms with van der Waals surface area (Å²) in [6, 6.07) is 0. The molecule has 4 unspecified atom stereocenters. The largest absolute Gasteiger partial charge is 0.480 e. The third-order valence-electron chi connectivity index (χ3n) is 5.26. The number of carboxylic acids is 1. The van der Waals surface area contributed by atoms with Crippen LogP contribution in [0.1, 0.15) is 38.5 Å². The molecule has 4 heteroatoms. The van der Waals surface area contributed by atoms with Gasteiger partial charge in [0, 0.05) is 6.42 Å². The van der Waals surface area contributed by atoms with Gasteiger partial charge in [-0.1, -0.05) is 6.42 Å². The summed E-state index contributed by atoms with van der Waals surface area (Å²) < 4.78 is 5.31. The first-order valence-corrected chi connectivity index (χ1v) is 6.96. The van der Waals surface area contributed by atoms with Crippen LogP contribution in [0.5, 0.6) is 0 Å². The fraction of sp³-hybridized carbons (Fsp3) is 0.857. The van der Waals surface area contributed by atoms with Crippen LogP contribution in [-0.4, -0.2) is 30.1 Å². The molecule has 0 aromatic rings. The van der Waals surface area contributed by atoms with Crippen molar-refractivity contribution in [2.75, 3.05) is 13.2 Å². The maximum atomic E-state index is 12.1. The third-order valence-corrected chi connectivity index (χ3v) is 5.26. The summed E-state index contributed by atoms with van der Waals surface area (Å²) in [6.45, 7) is 0.458. The van der Waals surface area contributed by atoms with Crippen molar-refractivity contribution >= 4 is 11.8 Å². The highest BCUT2D eigenvalue weighted by Gasteiger charge is 2.52. The SMILES string of the molecule is O=C(O)C1(CC2CC3CCC2C3)COCCC1=O. The number of ketones is 1. The maximum absolute atomic E-state index is 12.1. The highest BCUT2D eigenvalue weighted by atomic mass is 16.5. The van der Waals surface area contributed by atoms with Gasteiger partial charge in [0.1, 0.15) is 5.41 Å². The average Bonchev–Trinajstić information content (AvgIpc) is 2.94. The molecule has 4 nitrogen and oxygen atoms in total. The molecule has 3 fully saturated rings. The van der Waals surface area contributed by atoms with Crippen molar-refractivity contribution in [3.63, 3.8) is 0 Å². The molecule has 0 amide bonds. The van der Waals surface area contributed by atoms with Gasteiger partial charge in [-0.2, -0.15) is 0 Å². The van der Waals surface area contributed by atoms with E-state index in [4.69, 9.17) is 4.74 Å². The number of hydrogen-bond acceptors (Lipinski definition) is 3. The van der Waals surface area contributed by atoms with Gasteiger partial charge < -0.3 is 9.84 Å². The second-order valence-corrected chi connectivity index (χ2v) is 6.25. The number of ether oxygens (including phenoxy) is 1. The van der Waals surface area contributed by atoms with E-state index < -0.39 is 11.4 Å². The standard InChI is InChI=1S/C14H20O4/c15-12-3-4-18-8-14(12,13(16)17)7-11-6-9-1-2-10(11)5-9/h9-11H,1-8H2,(H,16,17). The van der Waals surface area contributed by atoms with Gasteiger partial charge in [-0.25, -0.2) is 0 Å². The second-order valence-electron chi connectivity index (χ2n) is 6.25. The first-order valence-electron chi connectivity index (χ1n) is 6.96. The molecule has 3 rings (SSSR count). The molecule has 2 aliphatic carbocycles. The minimum Gasteiger partial charge on any atom is -0.480 e. The number of aliphatic carboxylic acids is 1. The highest BCUT2D eigenvalue weighted by Crippen LogP contribution is 2.52. The summed E-state index contributed by atoms with van der Waals surface area (Å²) in [4.78, 5) is 23.7. The predicted octanol–water partition coefficient (Wildman–Crippen LogP) is 1.87.